The highest BCUT2D eigenvalue weighted by Crippen LogP contribution is 2.17. The quantitative estimate of drug-likeness (QED) is 0.688. The Bertz CT molecular complexity index is 132. The Labute approximate surface area is 88.7 Å². The Balaban J connectivity index is 3.94. The lowest BCUT2D eigenvalue weighted by molar-refractivity contribution is -0.0610. The molecule has 0 aromatic rings. The summed E-state index contributed by atoms with van der Waals surface area (Å²) in [7, 11) is 0. The van der Waals surface area contributed by atoms with Crippen molar-refractivity contribution < 1.29 is 9.84 Å². The van der Waals surface area contributed by atoms with Gasteiger partial charge in [-0.15, -0.1) is 0 Å². The highest BCUT2D eigenvalue weighted by molar-refractivity contribution is 4.72. The van der Waals surface area contributed by atoms with Gasteiger partial charge in [-0.25, -0.2) is 0 Å². The molecule has 0 aromatic heterocycles. The number of aliphatic hydroxyl groups is 1. The topological polar surface area (TPSA) is 29.5 Å². The van der Waals surface area contributed by atoms with Crippen molar-refractivity contribution >= 4 is 0 Å². The fraction of sp³-hybridized carbons (Fsp3) is 1.00. The first-order valence-electron chi connectivity index (χ1n) is 5.78. The van der Waals surface area contributed by atoms with Crippen molar-refractivity contribution in [2.45, 2.75) is 59.7 Å². The number of rotatable bonds is 7. The van der Waals surface area contributed by atoms with Crippen LogP contribution in [0.15, 0.2) is 0 Å². The molecule has 86 valence electrons. The molecule has 0 radical (unpaired) electrons. The Morgan fingerprint density at radius 3 is 2.00 bits per heavy atom. The second-order valence-electron chi connectivity index (χ2n) is 4.70. The van der Waals surface area contributed by atoms with E-state index in [4.69, 9.17) is 4.74 Å². The molecule has 0 heterocycles. The maximum Gasteiger partial charge on any atom is 0.0856 e. The summed E-state index contributed by atoms with van der Waals surface area (Å²) in [4.78, 5) is 0. The van der Waals surface area contributed by atoms with Crippen molar-refractivity contribution in [3.8, 4) is 0 Å². The molecule has 0 amide bonds. The minimum atomic E-state index is -0.308. The molecule has 14 heavy (non-hydrogen) atoms. The summed E-state index contributed by atoms with van der Waals surface area (Å²) >= 11 is 0. The van der Waals surface area contributed by atoms with Gasteiger partial charge in [0, 0.05) is 6.61 Å². The summed E-state index contributed by atoms with van der Waals surface area (Å²) in [5.74, 6) is 1.04. The molecule has 2 atom stereocenters. The van der Waals surface area contributed by atoms with Crippen LogP contribution in [0.3, 0.4) is 0 Å². The fourth-order valence-corrected chi connectivity index (χ4v) is 1.61. The lowest BCUT2D eigenvalue weighted by atomic mass is 9.95. The van der Waals surface area contributed by atoms with Crippen LogP contribution < -0.4 is 0 Å². The first kappa shape index (κ1) is 13.9. The molecule has 1 N–H and O–H groups in total. The second kappa shape index (κ2) is 7.24. The average Bonchev–Trinajstić information content (AvgIpc) is 2.09. The number of hydrogen-bond donors (Lipinski definition) is 1. The zero-order chi connectivity index (χ0) is 11.1. The Hall–Kier alpha value is -0.0800. The second-order valence-corrected chi connectivity index (χ2v) is 4.70. The van der Waals surface area contributed by atoms with E-state index < -0.39 is 0 Å². The zero-order valence-corrected chi connectivity index (χ0v) is 10.3. The zero-order valence-electron chi connectivity index (χ0n) is 10.3. The Morgan fingerprint density at radius 2 is 1.64 bits per heavy atom. The summed E-state index contributed by atoms with van der Waals surface area (Å²) in [5, 5.41) is 9.93. The summed E-state index contributed by atoms with van der Waals surface area (Å²) in [6, 6.07) is 0. The van der Waals surface area contributed by atoms with E-state index in [0.29, 0.717) is 18.4 Å². The van der Waals surface area contributed by atoms with Crippen LogP contribution in [0.2, 0.25) is 0 Å². The van der Waals surface area contributed by atoms with Crippen LogP contribution in [0.25, 0.3) is 0 Å². The van der Waals surface area contributed by atoms with E-state index >= 15 is 0 Å². The van der Waals surface area contributed by atoms with Crippen LogP contribution in [0, 0.1) is 11.8 Å². The van der Waals surface area contributed by atoms with Crippen LogP contribution in [0.5, 0.6) is 0 Å². The molecule has 2 heteroatoms. The van der Waals surface area contributed by atoms with Crippen molar-refractivity contribution in [3.63, 3.8) is 0 Å². The maximum atomic E-state index is 9.93. The Kier molecular flexibility index (Phi) is 7.20. The van der Waals surface area contributed by atoms with Gasteiger partial charge in [0.05, 0.1) is 12.2 Å². The van der Waals surface area contributed by atoms with Crippen LogP contribution >= 0.6 is 0 Å². The van der Waals surface area contributed by atoms with Gasteiger partial charge < -0.3 is 9.84 Å². The van der Waals surface area contributed by atoms with Crippen molar-refractivity contribution in [1.82, 2.24) is 0 Å². The molecule has 0 aliphatic rings. The van der Waals surface area contributed by atoms with Gasteiger partial charge in [0.2, 0.25) is 0 Å². The molecular formula is C12H26O2. The van der Waals surface area contributed by atoms with Gasteiger partial charge in [-0.3, -0.25) is 0 Å². The van der Waals surface area contributed by atoms with Crippen molar-refractivity contribution in [2.75, 3.05) is 6.61 Å². The molecule has 0 bridgehead atoms. The molecule has 0 aliphatic carbocycles. The first-order chi connectivity index (χ1) is 6.49. The van der Waals surface area contributed by atoms with E-state index in [1.165, 1.54) is 0 Å². The van der Waals surface area contributed by atoms with Crippen molar-refractivity contribution in [3.05, 3.63) is 0 Å². The minimum Gasteiger partial charge on any atom is -0.390 e. The maximum absolute atomic E-state index is 9.93. The molecule has 2 unspecified atom stereocenters. The van der Waals surface area contributed by atoms with Gasteiger partial charge in [0.1, 0.15) is 0 Å². The van der Waals surface area contributed by atoms with E-state index in [-0.39, 0.29) is 12.2 Å². The van der Waals surface area contributed by atoms with Crippen molar-refractivity contribution in [1.29, 1.82) is 0 Å². The third kappa shape index (κ3) is 5.61. The van der Waals surface area contributed by atoms with Crippen LogP contribution in [-0.4, -0.2) is 23.9 Å². The van der Waals surface area contributed by atoms with Gasteiger partial charge in [-0.05, 0) is 31.6 Å². The van der Waals surface area contributed by atoms with Gasteiger partial charge in [-0.1, -0.05) is 27.7 Å². The molecule has 0 saturated heterocycles. The molecule has 2 nitrogen and oxygen atoms in total. The van der Waals surface area contributed by atoms with E-state index in [0.717, 1.165) is 12.8 Å². The predicted molar refractivity (Wildman–Crippen MR) is 60.3 cm³/mol. The predicted octanol–water partition coefficient (Wildman–Crippen LogP) is 2.84. The van der Waals surface area contributed by atoms with E-state index in [1.807, 2.05) is 6.92 Å². The summed E-state index contributed by atoms with van der Waals surface area (Å²) in [6.45, 7) is 11.2. The average molecular weight is 202 g/mol. The van der Waals surface area contributed by atoms with Gasteiger partial charge in [0.25, 0.3) is 0 Å². The first-order valence-corrected chi connectivity index (χ1v) is 5.78. The molecule has 0 aliphatic heterocycles. The van der Waals surface area contributed by atoms with E-state index in [1.54, 1.807) is 0 Å². The molecule has 0 aromatic carbocycles. The van der Waals surface area contributed by atoms with Gasteiger partial charge in [0.15, 0.2) is 0 Å². The van der Waals surface area contributed by atoms with E-state index in [2.05, 4.69) is 27.7 Å². The normalized spacial score (nSPS) is 16.3. The molecule has 0 spiro atoms. The SMILES string of the molecule is CCOC(C(C)C)C(O)CCC(C)C. The van der Waals surface area contributed by atoms with Gasteiger partial charge in [-0.2, -0.15) is 0 Å². The molecular weight excluding hydrogens is 176 g/mol. The summed E-state index contributed by atoms with van der Waals surface area (Å²) in [6.07, 6.45) is 1.61. The van der Waals surface area contributed by atoms with Crippen LogP contribution in [0.4, 0.5) is 0 Å². The standard InChI is InChI=1S/C12H26O2/c1-6-14-12(10(4)5)11(13)8-7-9(2)3/h9-13H,6-8H2,1-5H3. The summed E-state index contributed by atoms with van der Waals surface area (Å²) in [5.41, 5.74) is 0. The van der Waals surface area contributed by atoms with Crippen molar-refractivity contribution in [2.24, 2.45) is 11.8 Å². The largest absolute Gasteiger partial charge is 0.390 e. The minimum absolute atomic E-state index is 0.00116. The lowest BCUT2D eigenvalue weighted by Crippen LogP contribution is -2.34. The van der Waals surface area contributed by atoms with E-state index in [9.17, 15) is 5.11 Å². The van der Waals surface area contributed by atoms with Gasteiger partial charge >= 0.3 is 0 Å². The van der Waals surface area contributed by atoms with Crippen LogP contribution in [-0.2, 0) is 4.74 Å². The lowest BCUT2D eigenvalue weighted by Gasteiger charge is -2.26. The smallest absolute Gasteiger partial charge is 0.0856 e. The molecule has 0 fully saturated rings. The third-order valence-corrected chi connectivity index (χ3v) is 2.44. The third-order valence-electron chi connectivity index (χ3n) is 2.44. The fourth-order valence-electron chi connectivity index (χ4n) is 1.61. The Morgan fingerprint density at radius 1 is 1.07 bits per heavy atom. The van der Waals surface area contributed by atoms with Crippen LogP contribution in [0.1, 0.15) is 47.5 Å². The monoisotopic (exact) mass is 202 g/mol. The number of aliphatic hydroxyl groups excluding tert-OH is 1. The number of hydrogen-bond acceptors (Lipinski definition) is 2. The summed E-state index contributed by atoms with van der Waals surface area (Å²) < 4.78 is 5.55. The highest BCUT2D eigenvalue weighted by Gasteiger charge is 2.22. The highest BCUT2D eigenvalue weighted by atomic mass is 16.5. The molecule has 0 saturated carbocycles. The number of ether oxygens (including phenoxy) is 1. The molecule has 0 rings (SSSR count).